The number of imidazole rings is 1. The Bertz CT molecular complexity index is 824. The van der Waals surface area contributed by atoms with Gasteiger partial charge in [0.25, 0.3) is 11.8 Å². The number of aromatic nitrogens is 2. The van der Waals surface area contributed by atoms with Crippen LogP contribution in [0.3, 0.4) is 0 Å². The lowest BCUT2D eigenvalue weighted by atomic mass is 10.1. The molecule has 1 saturated carbocycles. The summed E-state index contributed by atoms with van der Waals surface area (Å²) in [5.41, 5.74) is 1.57. The zero-order valence-electron chi connectivity index (χ0n) is 13.7. The van der Waals surface area contributed by atoms with E-state index in [1.54, 1.807) is 0 Å². The summed E-state index contributed by atoms with van der Waals surface area (Å²) < 4.78 is 14.9. The van der Waals surface area contributed by atoms with E-state index in [0.717, 1.165) is 37.8 Å². The molecular weight excluding hydrogens is 323 g/mol. The van der Waals surface area contributed by atoms with Crippen LogP contribution in [-0.2, 0) is 13.0 Å². The fourth-order valence-electron chi connectivity index (χ4n) is 3.10. The first kappa shape index (κ1) is 15.8. The second-order valence-corrected chi connectivity index (χ2v) is 6.55. The third-order valence-corrected chi connectivity index (χ3v) is 4.55. The zero-order chi connectivity index (χ0) is 17.4. The summed E-state index contributed by atoms with van der Waals surface area (Å²) in [6.07, 6.45) is 4.64. The Labute approximate surface area is 144 Å². The first-order chi connectivity index (χ1) is 12.1. The zero-order valence-corrected chi connectivity index (χ0v) is 13.7. The number of amides is 2. The number of benzene rings is 1. The highest BCUT2D eigenvalue weighted by atomic mass is 19.1. The number of nitrogens with one attached hydrogen (secondary N) is 2. The maximum atomic E-state index is 13.0. The molecule has 25 heavy (non-hydrogen) atoms. The topological polar surface area (TPSA) is 76.0 Å². The molecule has 1 aromatic heterocycles. The predicted molar refractivity (Wildman–Crippen MR) is 90.0 cm³/mol. The van der Waals surface area contributed by atoms with Crippen LogP contribution in [0.5, 0.6) is 0 Å². The number of carbonyl (C=O) groups excluding carboxylic acids is 2. The summed E-state index contributed by atoms with van der Waals surface area (Å²) in [4.78, 5) is 29.4. The second-order valence-electron chi connectivity index (χ2n) is 6.55. The second kappa shape index (κ2) is 6.31. The number of carbonyl (C=O) groups is 2. The molecule has 2 aromatic rings. The Kier molecular flexibility index (Phi) is 3.99. The van der Waals surface area contributed by atoms with E-state index in [9.17, 15) is 14.0 Å². The number of anilines is 1. The van der Waals surface area contributed by atoms with Crippen molar-refractivity contribution in [1.29, 1.82) is 0 Å². The number of hydrogen-bond acceptors (Lipinski definition) is 3. The van der Waals surface area contributed by atoms with Gasteiger partial charge < -0.3 is 15.2 Å². The summed E-state index contributed by atoms with van der Waals surface area (Å²) in [5.74, 6) is -0.642. The summed E-state index contributed by atoms with van der Waals surface area (Å²) >= 11 is 0. The van der Waals surface area contributed by atoms with Crippen LogP contribution >= 0.6 is 0 Å². The van der Waals surface area contributed by atoms with Crippen LogP contribution in [0.15, 0.2) is 24.3 Å². The van der Waals surface area contributed by atoms with Gasteiger partial charge in [0.15, 0.2) is 11.5 Å². The first-order valence-corrected chi connectivity index (χ1v) is 8.59. The molecule has 0 bridgehead atoms. The lowest BCUT2D eigenvalue weighted by Gasteiger charge is -2.17. The van der Waals surface area contributed by atoms with E-state index in [0.29, 0.717) is 18.1 Å². The summed E-state index contributed by atoms with van der Waals surface area (Å²) in [6, 6.07) is 5.80. The molecule has 1 aromatic carbocycles. The Balaban J connectivity index is 1.61. The minimum atomic E-state index is -0.372. The molecule has 0 radical (unpaired) electrons. The molecule has 2 aliphatic rings. The van der Waals surface area contributed by atoms with Gasteiger partial charge in [-0.25, -0.2) is 9.37 Å². The fraction of sp³-hybridized carbons (Fsp3) is 0.389. The third kappa shape index (κ3) is 3.26. The maximum absolute atomic E-state index is 13.0. The molecule has 2 N–H and O–H groups in total. The van der Waals surface area contributed by atoms with Crippen LogP contribution in [0.2, 0.25) is 0 Å². The van der Waals surface area contributed by atoms with Gasteiger partial charge in [0, 0.05) is 18.3 Å². The van der Waals surface area contributed by atoms with Crippen molar-refractivity contribution in [1.82, 2.24) is 14.9 Å². The molecule has 4 rings (SSSR count). The van der Waals surface area contributed by atoms with E-state index in [1.807, 2.05) is 4.57 Å². The van der Waals surface area contributed by atoms with Crippen molar-refractivity contribution in [3.63, 3.8) is 0 Å². The van der Waals surface area contributed by atoms with Crippen molar-refractivity contribution in [2.45, 2.75) is 44.7 Å². The van der Waals surface area contributed by atoms with Gasteiger partial charge in [-0.2, -0.15) is 0 Å². The standard InChI is InChI=1S/C18H19FN4O2/c19-11-4-6-12(7-5-11)20-17(24)15-14-3-1-2-10-23(14)16(22-15)18(25)21-13-8-9-13/h4-7,13H,1-3,8-10H2,(H,20,24)(H,21,25). The van der Waals surface area contributed by atoms with Crippen molar-refractivity contribution in [3.05, 3.63) is 47.3 Å². The molecule has 6 nitrogen and oxygen atoms in total. The molecule has 0 atom stereocenters. The van der Waals surface area contributed by atoms with Gasteiger partial charge in [-0.15, -0.1) is 0 Å². The lowest BCUT2D eigenvalue weighted by Crippen LogP contribution is -2.29. The quantitative estimate of drug-likeness (QED) is 0.896. The average Bonchev–Trinajstić information content (AvgIpc) is 3.33. The van der Waals surface area contributed by atoms with Gasteiger partial charge in [0.05, 0.1) is 5.69 Å². The Morgan fingerprint density at radius 2 is 1.88 bits per heavy atom. The van der Waals surface area contributed by atoms with E-state index >= 15 is 0 Å². The third-order valence-electron chi connectivity index (χ3n) is 4.55. The summed E-state index contributed by atoms with van der Waals surface area (Å²) in [6.45, 7) is 0.694. The number of rotatable bonds is 4. The number of fused-ring (bicyclic) bond motifs is 1. The molecule has 2 amide bonds. The van der Waals surface area contributed by atoms with Gasteiger partial charge >= 0.3 is 0 Å². The summed E-state index contributed by atoms with van der Waals surface area (Å²) in [7, 11) is 0. The molecule has 1 aliphatic heterocycles. The minimum Gasteiger partial charge on any atom is -0.347 e. The van der Waals surface area contributed by atoms with Crippen molar-refractivity contribution in [3.8, 4) is 0 Å². The minimum absolute atomic E-state index is 0.216. The van der Waals surface area contributed by atoms with Crippen LogP contribution in [-0.4, -0.2) is 27.4 Å². The van der Waals surface area contributed by atoms with Crippen molar-refractivity contribution in [2.75, 3.05) is 5.32 Å². The van der Waals surface area contributed by atoms with E-state index in [1.165, 1.54) is 24.3 Å². The molecule has 0 saturated heterocycles. The van der Waals surface area contributed by atoms with Gasteiger partial charge in [0.1, 0.15) is 5.82 Å². The highest BCUT2D eigenvalue weighted by Crippen LogP contribution is 2.24. The fourth-order valence-corrected chi connectivity index (χ4v) is 3.10. The van der Waals surface area contributed by atoms with Crippen LogP contribution in [0.1, 0.15) is 52.5 Å². The molecule has 0 spiro atoms. The Morgan fingerprint density at radius 3 is 2.60 bits per heavy atom. The number of nitrogens with zero attached hydrogens (tertiary/aromatic N) is 2. The van der Waals surface area contributed by atoms with Gasteiger partial charge in [-0.3, -0.25) is 9.59 Å². The van der Waals surface area contributed by atoms with Crippen molar-refractivity contribution >= 4 is 17.5 Å². The van der Waals surface area contributed by atoms with E-state index in [-0.39, 0.29) is 29.4 Å². The largest absolute Gasteiger partial charge is 0.347 e. The molecule has 1 aliphatic carbocycles. The number of halogens is 1. The van der Waals surface area contributed by atoms with Gasteiger partial charge in [-0.1, -0.05) is 0 Å². The molecule has 0 unspecified atom stereocenters. The van der Waals surface area contributed by atoms with Gasteiger partial charge in [-0.05, 0) is 56.4 Å². The number of hydrogen-bond donors (Lipinski definition) is 2. The van der Waals surface area contributed by atoms with Crippen LogP contribution in [0, 0.1) is 5.82 Å². The van der Waals surface area contributed by atoms with E-state index in [4.69, 9.17) is 0 Å². The Morgan fingerprint density at radius 1 is 1.12 bits per heavy atom. The predicted octanol–water partition coefficient (Wildman–Crippen LogP) is 2.50. The maximum Gasteiger partial charge on any atom is 0.287 e. The first-order valence-electron chi connectivity index (χ1n) is 8.59. The molecular formula is C18H19FN4O2. The van der Waals surface area contributed by atoms with Crippen LogP contribution < -0.4 is 10.6 Å². The molecule has 7 heteroatoms. The molecule has 130 valence electrons. The van der Waals surface area contributed by atoms with Crippen LogP contribution in [0.4, 0.5) is 10.1 Å². The van der Waals surface area contributed by atoms with E-state index < -0.39 is 0 Å². The highest BCUT2D eigenvalue weighted by molar-refractivity contribution is 6.05. The Hall–Kier alpha value is -2.70. The van der Waals surface area contributed by atoms with Crippen molar-refractivity contribution < 1.29 is 14.0 Å². The van der Waals surface area contributed by atoms with E-state index in [2.05, 4.69) is 15.6 Å². The lowest BCUT2D eigenvalue weighted by molar-refractivity contribution is 0.0935. The van der Waals surface area contributed by atoms with Crippen molar-refractivity contribution in [2.24, 2.45) is 0 Å². The highest BCUT2D eigenvalue weighted by Gasteiger charge is 2.30. The SMILES string of the molecule is O=C(Nc1ccc(F)cc1)c1nc(C(=O)NC2CC2)n2c1CCCC2. The smallest absolute Gasteiger partial charge is 0.287 e. The monoisotopic (exact) mass is 342 g/mol. The summed E-state index contributed by atoms with van der Waals surface area (Å²) in [5, 5.41) is 5.66. The normalized spacial score (nSPS) is 16.2. The van der Waals surface area contributed by atoms with Crippen LogP contribution in [0.25, 0.3) is 0 Å². The van der Waals surface area contributed by atoms with Gasteiger partial charge in [0.2, 0.25) is 0 Å². The average molecular weight is 342 g/mol. The molecule has 1 fully saturated rings. The molecule has 2 heterocycles.